The summed E-state index contributed by atoms with van der Waals surface area (Å²) in [4.78, 5) is 10.4. The van der Waals surface area contributed by atoms with Gasteiger partial charge in [0, 0.05) is 17.3 Å². The van der Waals surface area contributed by atoms with Gasteiger partial charge in [-0.1, -0.05) is 0 Å². The Bertz CT molecular complexity index is 359. The summed E-state index contributed by atoms with van der Waals surface area (Å²) in [5.74, 6) is -0.506. The summed E-state index contributed by atoms with van der Waals surface area (Å²) in [6.45, 7) is 0. The van der Waals surface area contributed by atoms with Crippen LogP contribution in [0.4, 0.5) is 5.69 Å². The number of nitrogens with two attached hydrogens (primary N) is 2. The molecule has 4 heteroatoms. The Morgan fingerprint density at radius 3 is 2.77 bits per heavy atom. The van der Waals surface area contributed by atoms with Crippen LogP contribution in [-0.2, 0) is 4.79 Å². The third-order valence-electron chi connectivity index (χ3n) is 1.48. The van der Waals surface area contributed by atoms with Crippen LogP contribution in [0.3, 0.4) is 0 Å². The molecule has 0 spiro atoms. The van der Waals surface area contributed by atoms with Crippen molar-refractivity contribution in [3.8, 4) is 5.75 Å². The predicted octanol–water partition coefficient (Wildman–Crippen LogP) is 0.473. The Kier molecular flexibility index (Phi) is 2.54. The van der Waals surface area contributed by atoms with Gasteiger partial charge in [0.15, 0.2) is 0 Å². The van der Waals surface area contributed by atoms with Crippen LogP contribution in [0, 0.1) is 0 Å². The zero-order valence-corrected chi connectivity index (χ0v) is 6.90. The highest BCUT2D eigenvalue weighted by Crippen LogP contribution is 2.20. The molecule has 0 aromatic heterocycles. The molecule has 13 heavy (non-hydrogen) atoms. The monoisotopic (exact) mass is 178 g/mol. The summed E-state index contributed by atoms with van der Waals surface area (Å²) in [6.07, 6.45) is 2.57. The first-order valence-electron chi connectivity index (χ1n) is 3.65. The summed E-state index contributed by atoms with van der Waals surface area (Å²) < 4.78 is 0. The molecular weight excluding hydrogens is 168 g/mol. The average molecular weight is 178 g/mol. The molecule has 0 saturated carbocycles. The van der Waals surface area contributed by atoms with Gasteiger partial charge in [-0.25, -0.2) is 0 Å². The fourth-order valence-electron chi connectivity index (χ4n) is 0.878. The zero-order valence-electron chi connectivity index (χ0n) is 6.90. The third-order valence-corrected chi connectivity index (χ3v) is 1.48. The van der Waals surface area contributed by atoms with Crippen molar-refractivity contribution in [1.29, 1.82) is 0 Å². The minimum absolute atomic E-state index is 0.0618. The summed E-state index contributed by atoms with van der Waals surface area (Å²) in [5, 5.41) is 9.29. The Hall–Kier alpha value is -1.97. The summed E-state index contributed by atoms with van der Waals surface area (Å²) in [5.41, 5.74) is 11.3. The fourth-order valence-corrected chi connectivity index (χ4v) is 0.878. The molecule has 1 amide bonds. The first-order chi connectivity index (χ1) is 6.09. The quantitative estimate of drug-likeness (QED) is 0.349. The van der Waals surface area contributed by atoms with Gasteiger partial charge in [0.25, 0.3) is 0 Å². The molecule has 0 unspecified atom stereocenters. The van der Waals surface area contributed by atoms with Crippen LogP contribution in [-0.4, -0.2) is 11.0 Å². The van der Waals surface area contributed by atoms with E-state index < -0.39 is 5.91 Å². The highest BCUT2D eigenvalue weighted by molar-refractivity contribution is 5.90. The van der Waals surface area contributed by atoms with E-state index >= 15 is 0 Å². The van der Waals surface area contributed by atoms with Gasteiger partial charge in [-0.2, -0.15) is 0 Å². The van der Waals surface area contributed by atoms with Crippen LogP contribution < -0.4 is 11.5 Å². The highest BCUT2D eigenvalue weighted by atomic mass is 16.3. The average Bonchev–Trinajstić information content (AvgIpc) is 2.06. The summed E-state index contributed by atoms with van der Waals surface area (Å²) in [7, 11) is 0. The van der Waals surface area contributed by atoms with Crippen molar-refractivity contribution in [2.24, 2.45) is 5.73 Å². The van der Waals surface area contributed by atoms with Crippen molar-refractivity contribution in [2.45, 2.75) is 0 Å². The van der Waals surface area contributed by atoms with Gasteiger partial charge >= 0.3 is 0 Å². The molecule has 0 aliphatic rings. The number of anilines is 1. The maximum atomic E-state index is 10.4. The lowest BCUT2D eigenvalue weighted by Crippen LogP contribution is -2.05. The minimum Gasteiger partial charge on any atom is -0.507 e. The van der Waals surface area contributed by atoms with Crippen molar-refractivity contribution < 1.29 is 9.90 Å². The van der Waals surface area contributed by atoms with Crippen molar-refractivity contribution in [1.82, 2.24) is 0 Å². The lowest BCUT2D eigenvalue weighted by molar-refractivity contribution is -0.113. The Balaban J connectivity index is 3.00. The van der Waals surface area contributed by atoms with E-state index in [0.717, 1.165) is 6.08 Å². The molecule has 0 heterocycles. The molecule has 68 valence electrons. The van der Waals surface area contributed by atoms with Crippen molar-refractivity contribution in [2.75, 3.05) is 5.73 Å². The molecule has 0 radical (unpaired) electrons. The van der Waals surface area contributed by atoms with E-state index in [-0.39, 0.29) is 5.75 Å². The first-order valence-corrected chi connectivity index (χ1v) is 3.65. The Labute approximate surface area is 75.5 Å². The van der Waals surface area contributed by atoms with E-state index in [1.165, 1.54) is 12.1 Å². The number of primary amides is 1. The second-order valence-corrected chi connectivity index (χ2v) is 2.55. The van der Waals surface area contributed by atoms with Crippen molar-refractivity contribution >= 4 is 17.7 Å². The zero-order chi connectivity index (χ0) is 9.84. The molecule has 0 aliphatic carbocycles. The molecule has 1 aromatic rings. The Morgan fingerprint density at radius 2 is 2.15 bits per heavy atom. The fraction of sp³-hybridized carbons (Fsp3) is 0. The second-order valence-electron chi connectivity index (χ2n) is 2.55. The van der Waals surface area contributed by atoms with Crippen molar-refractivity contribution in [3.63, 3.8) is 0 Å². The topological polar surface area (TPSA) is 89.3 Å². The van der Waals surface area contributed by atoms with E-state index in [1.54, 1.807) is 12.1 Å². The van der Waals surface area contributed by atoms with Crippen LogP contribution in [0.1, 0.15) is 5.56 Å². The normalized spacial score (nSPS) is 10.5. The predicted molar refractivity (Wildman–Crippen MR) is 50.7 cm³/mol. The molecule has 0 fully saturated rings. The maximum Gasteiger partial charge on any atom is 0.241 e. The Morgan fingerprint density at radius 1 is 1.46 bits per heavy atom. The number of amides is 1. The molecule has 1 rings (SSSR count). The third kappa shape index (κ3) is 2.52. The van der Waals surface area contributed by atoms with E-state index in [2.05, 4.69) is 0 Å². The summed E-state index contributed by atoms with van der Waals surface area (Å²) >= 11 is 0. The van der Waals surface area contributed by atoms with E-state index in [4.69, 9.17) is 11.5 Å². The maximum absolute atomic E-state index is 10.4. The van der Waals surface area contributed by atoms with Gasteiger partial charge in [-0.05, 0) is 24.3 Å². The lowest BCUT2D eigenvalue weighted by Gasteiger charge is -1.99. The first kappa shape index (κ1) is 9.12. The molecule has 0 bridgehead atoms. The number of hydrogen-bond donors (Lipinski definition) is 3. The number of benzene rings is 1. The van der Waals surface area contributed by atoms with E-state index in [1.807, 2.05) is 0 Å². The summed E-state index contributed by atoms with van der Waals surface area (Å²) in [6, 6.07) is 4.57. The number of carbonyl (C=O) groups is 1. The number of phenolic OH excluding ortho intramolecular Hbond substituents is 1. The number of rotatable bonds is 2. The van der Waals surface area contributed by atoms with Crippen LogP contribution in [0.25, 0.3) is 6.08 Å². The minimum atomic E-state index is -0.568. The number of aromatic hydroxyl groups is 1. The number of hydrogen-bond acceptors (Lipinski definition) is 3. The molecule has 4 nitrogen and oxygen atoms in total. The van der Waals surface area contributed by atoms with Crippen LogP contribution in [0.15, 0.2) is 24.3 Å². The smallest absolute Gasteiger partial charge is 0.241 e. The standard InChI is InChI=1S/C9H10N2O2/c10-7-2-3-8(12)6(5-7)1-4-9(11)13/h1-5,12H,10H2,(H2,11,13)/b4-1+. The number of nitrogen functional groups attached to an aromatic ring is 1. The van der Waals surface area contributed by atoms with E-state index in [0.29, 0.717) is 11.3 Å². The van der Waals surface area contributed by atoms with Crippen LogP contribution >= 0.6 is 0 Å². The van der Waals surface area contributed by atoms with Gasteiger partial charge in [0.2, 0.25) is 5.91 Å². The van der Waals surface area contributed by atoms with Gasteiger partial charge in [-0.15, -0.1) is 0 Å². The lowest BCUT2D eigenvalue weighted by atomic mass is 10.1. The SMILES string of the molecule is NC(=O)/C=C/c1cc(N)ccc1O. The van der Waals surface area contributed by atoms with Gasteiger partial charge < -0.3 is 16.6 Å². The van der Waals surface area contributed by atoms with Crippen molar-refractivity contribution in [3.05, 3.63) is 29.8 Å². The second kappa shape index (κ2) is 3.62. The highest BCUT2D eigenvalue weighted by Gasteiger charge is 1.97. The number of phenols is 1. The van der Waals surface area contributed by atoms with Gasteiger partial charge in [0.05, 0.1) is 0 Å². The molecule has 0 atom stereocenters. The molecule has 0 aliphatic heterocycles. The van der Waals surface area contributed by atoms with Gasteiger partial charge in [0.1, 0.15) is 5.75 Å². The van der Waals surface area contributed by atoms with Crippen LogP contribution in [0.2, 0.25) is 0 Å². The molecular formula is C9H10N2O2. The number of carbonyl (C=O) groups excluding carboxylic acids is 1. The molecule has 5 N–H and O–H groups in total. The largest absolute Gasteiger partial charge is 0.507 e. The van der Waals surface area contributed by atoms with Gasteiger partial charge in [-0.3, -0.25) is 4.79 Å². The molecule has 1 aromatic carbocycles. The van der Waals surface area contributed by atoms with E-state index in [9.17, 15) is 9.90 Å². The molecule has 0 saturated heterocycles. The van der Waals surface area contributed by atoms with Crippen LogP contribution in [0.5, 0.6) is 5.75 Å².